The Hall–Kier alpha value is -4.61. The van der Waals surface area contributed by atoms with Crippen molar-refractivity contribution in [2.75, 3.05) is 0 Å². The monoisotopic (exact) mass is 478 g/mol. The van der Waals surface area contributed by atoms with Gasteiger partial charge in [0.15, 0.2) is 11.3 Å². The van der Waals surface area contributed by atoms with Crippen LogP contribution in [0, 0.1) is 30.0 Å². The molecule has 0 radical (unpaired) electrons. The van der Waals surface area contributed by atoms with E-state index in [-0.39, 0.29) is 0 Å². The Morgan fingerprint density at radius 3 is 2.31 bits per heavy atom. The van der Waals surface area contributed by atoms with Gasteiger partial charge in [0.2, 0.25) is 0 Å². The number of aromatic nitrogens is 5. The fourth-order valence-electron chi connectivity index (χ4n) is 3.29. The van der Waals surface area contributed by atoms with Gasteiger partial charge in [-0.1, -0.05) is 36.1 Å². The summed E-state index contributed by atoms with van der Waals surface area (Å²) in [7, 11) is 0. The highest BCUT2D eigenvalue weighted by molar-refractivity contribution is 5.50. The quantitative estimate of drug-likeness (QED) is 0.267. The lowest BCUT2D eigenvalue weighted by atomic mass is 9.84. The lowest BCUT2D eigenvalue weighted by Gasteiger charge is -2.35. The molecule has 7 nitrogen and oxygen atoms in total. The number of nitrogens with zero attached hydrogens (tertiary/aromatic N) is 6. The van der Waals surface area contributed by atoms with Crippen LogP contribution in [0.4, 0.5) is 23.2 Å². The fourth-order valence-corrected chi connectivity index (χ4v) is 3.29. The second-order valence-electron chi connectivity index (χ2n) is 7.41. The molecule has 0 bridgehead atoms. The van der Waals surface area contributed by atoms with E-state index < -0.39 is 41.0 Å². The summed E-state index contributed by atoms with van der Waals surface area (Å²) >= 11 is 0. The van der Waals surface area contributed by atoms with Gasteiger partial charge in [0.1, 0.15) is 23.7 Å². The van der Waals surface area contributed by atoms with Gasteiger partial charge >= 0.3 is 5.92 Å². The summed E-state index contributed by atoms with van der Waals surface area (Å²) in [5, 5.41) is 21.3. The molecule has 0 aliphatic carbocycles. The van der Waals surface area contributed by atoms with E-state index in [1.54, 1.807) is 24.3 Å². The van der Waals surface area contributed by atoms with Crippen LogP contribution in [-0.2, 0) is 18.1 Å². The highest BCUT2D eigenvalue weighted by Crippen LogP contribution is 2.46. The minimum atomic E-state index is -4.15. The average Bonchev–Trinajstić information content (AvgIpc) is 3.36. The SMILES string of the molecule is [C-]#[N+]c1ccc(C#Cc2ccc(C(F)(F)C(O)(Cn3cnnn3)c3ccc(F)cc3F)nc2)cc1. The van der Waals surface area contributed by atoms with Gasteiger partial charge in [-0.15, -0.1) is 5.10 Å². The van der Waals surface area contributed by atoms with Crippen molar-refractivity contribution in [3.63, 3.8) is 0 Å². The molecular weight excluding hydrogens is 464 g/mol. The van der Waals surface area contributed by atoms with Gasteiger partial charge in [-0.2, -0.15) is 8.78 Å². The third-order valence-corrected chi connectivity index (χ3v) is 5.11. The summed E-state index contributed by atoms with van der Waals surface area (Å²) in [5.41, 5.74) is -3.58. The van der Waals surface area contributed by atoms with E-state index >= 15 is 8.78 Å². The molecule has 2 aromatic heterocycles. The van der Waals surface area contributed by atoms with Crippen LogP contribution in [0.3, 0.4) is 0 Å². The zero-order valence-electron chi connectivity index (χ0n) is 17.7. The summed E-state index contributed by atoms with van der Waals surface area (Å²) in [4.78, 5) is 7.03. The Morgan fingerprint density at radius 1 is 1.00 bits per heavy atom. The Balaban J connectivity index is 1.69. The van der Waals surface area contributed by atoms with Crippen molar-refractivity contribution < 1.29 is 22.7 Å². The third kappa shape index (κ3) is 4.71. The van der Waals surface area contributed by atoms with Crippen molar-refractivity contribution in [1.82, 2.24) is 25.2 Å². The minimum absolute atomic E-state index is 0.302. The number of alkyl halides is 2. The van der Waals surface area contributed by atoms with Crippen LogP contribution in [-0.4, -0.2) is 30.3 Å². The number of hydrogen-bond acceptors (Lipinski definition) is 5. The molecule has 0 fully saturated rings. The summed E-state index contributed by atoms with van der Waals surface area (Å²) < 4.78 is 60.2. The normalized spacial score (nSPS) is 12.8. The Kier molecular flexibility index (Phi) is 6.28. The molecule has 1 N–H and O–H groups in total. The highest BCUT2D eigenvalue weighted by atomic mass is 19.3. The van der Waals surface area contributed by atoms with E-state index in [0.29, 0.717) is 22.9 Å². The first kappa shape index (κ1) is 23.5. The van der Waals surface area contributed by atoms with Crippen molar-refractivity contribution in [1.29, 1.82) is 0 Å². The molecule has 0 amide bonds. The van der Waals surface area contributed by atoms with Gasteiger partial charge < -0.3 is 5.11 Å². The molecule has 2 aromatic carbocycles. The number of aliphatic hydroxyl groups is 1. The maximum absolute atomic E-state index is 15.7. The molecule has 0 saturated heterocycles. The zero-order chi connectivity index (χ0) is 25.1. The first-order valence-corrected chi connectivity index (χ1v) is 9.95. The number of tetrazole rings is 1. The van der Waals surface area contributed by atoms with E-state index in [0.717, 1.165) is 35.4 Å². The second-order valence-corrected chi connectivity index (χ2v) is 7.41. The summed E-state index contributed by atoms with van der Waals surface area (Å²) in [5.74, 6) is -0.920. The Labute approximate surface area is 196 Å². The molecule has 0 saturated carbocycles. The lowest BCUT2D eigenvalue weighted by Crippen LogP contribution is -2.48. The second kappa shape index (κ2) is 9.33. The van der Waals surface area contributed by atoms with Crippen LogP contribution in [0.2, 0.25) is 0 Å². The molecule has 4 rings (SSSR count). The molecule has 2 heterocycles. The van der Waals surface area contributed by atoms with Crippen molar-refractivity contribution in [3.8, 4) is 11.8 Å². The number of benzene rings is 2. The third-order valence-electron chi connectivity index (χ3n) is 5.11. The molecule has 0 spiro atoms. The maximum Gasteiger partial charge on any atom is 0.323 e. The fraction of sp³-hybridized carbons (Fsp3) is 0.125. The zero-order valence-corrected chi connectivity index (χ0v) is 17.7. The minimum Gasteiger partial charge on any atom is -0.377 e. The van der Waals surface area contributed by atoms with Crippen LogP contribution >= 0.6 is 0 Å². The van der Waals surface area contributed by atoms with Crippen LogP contribution < -0.4 is 0 Å². The molecule has 174 valence electrons. The number of pyridine rings is 1. The molecule has 35 heavy (non-hydrogen) atoms. The smallest absolute Gasteiger partial charge is 0.323 e. The van der Waals surface area contributed by atoms with Crippen molar-refractivity contribution in [2.24, 2.45) is 0 Å². The van der Waals surface area contributed by atoms with Gasteiger partial charge in [0.05, 0.1) is 13.1 Å². The molecule has 1 atom stereocenters. The van der Waals surface area contributed by atoms with Gasteiger partial charge in [0, 0.05) is 29.0 Å². The van der Waals surface area contributed by atoms with Crippen molar-refractivity contribution in [2.45, 2.75) is 18.1 Å². The summed E-state index contributed by atoms with van der Waals surface area (Å²) in [6.45, 7) is 6.00. The average molecular weight is 478 g/mol. The molecule has 0 aliphatic rings. The first-order chi connectivity index (χ1) is 16.7. The van der Waals surface area contributed by atoms with Crippen molar-refractivity contribution >= 4 is 5.69 Å². The Morgan fingerprint density at radius 2 is 1.71 bits per heavy atom. The van der Waals surface area contributed by atoms with E-state index in [1.807, 2.05) is 0 Å². The van der Waals surface area contributed by atoms with Crippen LogP contribution in [0.1, 0.15) is 22.4 Å². The highest BCUT2D eigenvalue weighted by Gasteiger charge is 2.57. The number of halogens is 4. The summed E-state index contributed by atoms with van der Waals surface area (Å²) in [6.07, 6.45) is 2.06. The molecule has 11 heteroatoms. The van der Waals surface area contributed by atoms with Gasteiger partial charge in [0.25, 0.3) is 0 Å². The largest absolute Gasteiger partial charge is 0.377 e. The van der Waals surface area contributed by atoms with E-state index in [4.69, 9.17) is 6.57 Å². The van der Waals surface area contributed by atoms with Crippen molar-refractivity contribution in [3.05, 3.63) is 113 Å². The van der Waals surface area contributed by atoms with E-state index in [2.05, 4.69) is 37.2 Å². The van der Waals surface area contributed by atoms with Crippen LogP contribution in [0.15, 0.2) is 67.1 Å². The summed E-state index contributed by atoms with van der Waals surface area (Å²) in [6, 6.07) is 10.6. The van der Waals surface area contributed by atoms with Gasteiger partial charge in [-0.3, -0.25) is 4.98 Å². The predicted octanol–water partition coefficient (Wildman–Crippen LogP) is 3.98. The van der Waals surface area contributed by atoms with Gasteiger partial charge in [-0.05, 0) is 34.7 Å². The maximum atomic E-state index is 15.7. The number of rotatable bonds is 5. The standard InChI is InChI=1S/C24H14F4N6O/c1-29-19-8-4-16(5-9-19)2-3-17-6-11-22(30-13-17)24(27,28)23(35,14-34-15-31-32-33-34)20-10-7-18(25)12-21(20)26/h4-13,15,35H,14H2. The molecular formula is C24H14F4N6O. The van der Waals surface area contributed by atoms with E-state index in [9.17, 15) is 13.9 Å². The molecule has 4 aromatic rings. The van der Waals surface area contributed by atoms with Crippen LogP contribution in [0.5, 0.6) is 0 Å². The van der Waals surface area contributed by atoms with E-state index in [1.165, 1.54) is 6.07 Å². The lowest BCUT2D eigenvalue weighted by molar-refractivity contribution is -0.207. The molecule has 1 unspecified atom stereocenters. The predicted molar refractivity (Wildman–Crippen MR) is 115 cm³/mol. The molecule has 0 aliphatic heterocycles. The first-order valence-electron chi connectivity index (χ1n) is 9.95. The van der Waals surface area contributed by atoms with Crippen LogP contribution in [0.25, 0.3) is 4.85 Å². The Bertz CT molecular complexity index is 1440. The number of hydrogen-bond donors (Lipinski definition) is 1. The van der Waals surface area contributed by atoms with Gasteiger partial charge in [-0.25, -0.2) is 18.3 Å². The topological polar surface area (TPSA) is 81.1 Å².